The number of carbonyl (C=O) groups excluding carboxylic acids is 1. The number of hydrogen-bond donors (Lipinski definition) is 2. The molecule has 0 rings (SSSR count). The smallest absolute Gasteiger partial charge is 0.318 e. The molecule has 0 fully saturated rings. The highest BCUT2D eigenvalue weighted by Crippen LogP contribution is 1.94. The first-order chi connectivity index (χ1) is 6.06. The Morgan fingerprint density at radius 2 is 2.08 bits per heavy atom. The van der Waals surface area contributed by atoms with Crippen molar-refractivity contribution in [1.29, 1.82) is 0 Å². The van der Waals surface area contributed by atoms with Crippen LogP contribution in [0.1, 0.15) is 34.1 Å². The van der Waals surface area contributed by atoms with E-state index < -0.39 is 0 Å². The van der Waals surface area contributed by atoms with Gasteiger partial charge in [0.15, 0.2) is 0 Å². The maximum atomic E-state index is 11.1. The molecular weight excluding hydrogens is 164 g/mol. The van der Waals surface area contributed by atoms with Gasteiger partial charge in [-0.3, -0.25) is 0 Å². The van der Waals surface area contributed by atoms with Crippen molar-refractivity contribution in [3.8, 4) is 0 Å². The molecule has 13 heavy (non-hydrogen) atoms. The summed E-state index contributed by atoms with van der Waals surface area (Å²) in [5.74, 6) is 0.488. The average molecular weight is 184 g/mol. The second kappa shape index (κ2) is 6.52. The van der Waals surface area contributed by atoms with E-state index in [0.29, 0.717) is 12.5 Å². The molecule has 0 aliphatic heterocycles. The van der Waals surface area contributed by atoms with Gasteiger partial charge in [0.25, 0.3) is 0 Å². The Hall–Kier alpha value is -0.990. The zero-order valence-electron chi connectivity index (χ0n) is 8.98. The van der Waals surface area contributed by atoms with Crippen molar-refractivity contribution in [2.24, 2.45) is 5.92 Å². The second-order valence-corrected chi connectivity index (χ2v) is 3.59. The van der Waals surface area contributed by atoms with Crippen molar-refractivity contribution in [3.05, 3.63) is 11.8 Å². The molecule has 0 saturated heterocycles. The van der Waals surface area contributed by atoms with Crippen LogP contribution in [-0.4, -0.2) is 12.6 Å². The molecule has 3 nitrogen and oxygen atoms in total. The number of hydrogen-bond acceptors (Lipinski definition) is 1. The van der Waals surface area contributed by atoms with Crippen LogP contribution in [-0.2, 0) is 0 Å². The molecule has 0 atom stereocenters. The molecule has 76 valence electrons. The number of nitrogens with one attached hydrogen (secondary N) is 2. The molecule has 0 spiro atoms. The van der Waals surface area contributed by atoms with Gasteiger partial charge in [-0.15, -0.1) is 0 Å². The van der Waals surface area contributed by atoms with Crippen molar-refractivity contribution in [2.45, 2.75) is 34.1 Å². The van der Waals surface area contributed by atoms with Crippen LogP contribution >= 0.6 is 0 Å². The van der Waals surface area contributed by atoms with Gasteiger partial charge in [0.2, 0.25) is 0 Å². The fourth-order valence-corrected chi connectivity index (χ4v) is 0.639. The molecule has 0 aromatic rings. The van der Waals surface area contributed by atoms with Gasteiger partial charge in [0.05, 0.1) is 0 Å². The Bertz CT molecular complexity index is 185. The Balaban J connectivity index is 3.63. The summed E-state index contributed by atoms with van der Waals surface area (Å²) < 4.78 is 0. The van der Waals surface area contributed by atoms with E-state index in [1.807, 2.05) is 6.92 Å². The van der Waals surface area contributed by atoms with Gasteiger partial charge in [-0.05, 0) is 19.3 Å². The molecule has 0 unspecified atom stereocenters. The topological polar surface area (TPSA) is 41.1 Å². The lowest BCUT2D eigenvalue weighted by atomic mass is 10.2. The van der Waals surface area contributed by atoms with E-state index in [1.165, 1.54) is 5.57 Å². The van der Waals surface area contributed by atoms with Gasteiger partial charge in [-0.2, -0.15) is 0 Å². The van der Waals surface area contributed by atoms with Crippen molar-refractivity contribution in [2.75, 3.05) is 6.54 Å². The molecule has 0 saturated carbocycles. The van der Waals surface area contributed by atoms with Crippen LogP contribution in [0.4, 0.5) is 4.79 Å². The predicted octanol–water partition coefficient (Wildman–Crippen LogP) is 2.26. The zero-order chi connectivity index (χ0) is 10.3. The quantitative estimate of drug-likeness (QED) is 0.691. The number of allylic oxidation sites excluding steroid dienone is 1. The van der Waals surface area contributed by atoms with Crippen LogP contribution in [0.15, 0.2) is 11.8 Å². The highest BCUT2D eigenvalue weighted by Gasteiger charge is 1.98. The largest absolute Gasteiger partial charge is 0.338 e. The first kappa shape index (κ1) is 12.0. The minimum Gasteiger partial charge on any atom is -0.338 e. The number of rotatable bonds is 4. The van der Waals surface area contributed by atoms with Crippen LogP contribution in [0.3, 0.4) is 0 Å². The summed E-state index contributed by atoms with van der Waals surface area (Å²) in [4.78, 5) is 11.1. The standard InChI is InChI=1S/C10H20N2O/c1-5-9(4)7-12-10(13)11-6-8(2)3/h7-8H,5-6H2,1-4H3,(H2,11,12,13)/b9-7+. The molecule has 2 N–H and O–H groups in total. The van der Waals surface area contributed by atoms with Crippen molar-refractivity contribution >= 4 is 6.03 Å². The Morgan fingerprint density at radius 3 is 2.54 bits per heavy atom. The van der Waals surface area contributed by atoms with E-state index in [9.17, 15) is 4.79 Å². The predicted molar refractivity (Wildman–Crippen MR) is 55.4 cm³/mol. The number of amides is 2. The molecule has 0 bridgehead atoms. The lowest BCUT2D eigenvalue weighted by molar-refractivity contribution is 0.243. The summed E-state index contributed by atoms with van der Waals surface area (Å²) >= 11 is 0. The van der Waals surface area contributed by atoms with E-state index >= 15 is 0 Å². The van der Waals surface area contributed by atoms with Crippen LogP contribution in [0.5, 0.6) is 0 Å². The normalized spacial score (nSPS) is 11.6. The van der Waals surface area contributed by atoms with Crippen molar-refractivity contribution in [3.63, 3.8) is 0 Å². The Labute approximate surface area is 80.6 Å². The minimum atomic E-state index is -0.124. The summed E-state index contributed by atoms with van der Waals surface area (Å²) in [5, 5.41) is 5.44. The fraction of sp³-hybridized carbons (Fsp3) is 0.700. The SMILES string of the molecule is CC/C(C)=C/NC(=O)NCC(C)C. The summed E-state index contributed by atoms with van der Waals surface area (Å²) in [7, 11) is 0. The molecule has 0 aromatic heterocycles. The Morgan fingerprint density at radius 1 is 1.46 bits per heavy atom. The van der Waals surface area contributed by atoms with E-state index in [4.69, 9.17) is 0 Å². The first-order valence-corrected chi connectivity index (χ1v) is 4.76. The third-order valence-electron chi connectivity index (χ3n) is 1.68. The fourth-order valence-electron chi connectivity index (χ4n) is 0.639. The molecular formula is C10H20N2O. The average Bonchev–Trinajstić information content (AvgIpc) is 2.10. The van der Waals surface area contributed by atoms with Gasteiger partial charge < -0.3 is 10.6 Å². The summed E-state index contributed by atoms with van der Waals surface area (Å²) in [5.41, 5.74) is 1.17. The number of carbonyl (C=O) groups is 1. The molecule has 0 heterocycles. The van der Waals surface area contributed by atoms with Crippen LogP contribution in [0.25, 0.3) is 0 Å². The second-order valence-electron chi connectivity index (χ2n) is 3.59. The minimum absolute atomic E-state index is 0.124. The number of urea groups is 1. The van der Waals surface area contributed by atoms with Gasteiger partial charge >= 0.3 is 6.03 Å². The summed E-state index contributed by atoms with van der Waals surface area (Å²) in [6.45, 7) is 8.88. The van der Waals surface area contributed by atoms with Crippen molar-refractivity contribution in [1.82, 2.24) is 10.6 Å². The van der Waals surface area contributed by atoms with Crippen molar-refractivity contribution < 1.29 is 4.79 Å². The zero-order valence-corrected chi connectivity index (χ0v) is 8.98. The first-order valence-electron chi connectivity index (χ1n) is 4.76. The van der Waals surface area contributed by atoms with Gasteiger partial charge in [0.1, 0.15) is 0 Å². The molecule has 0 radical (unpaired) electrons. The maximum Gasteiger partial charge on any atom is 0.318 e. The lowest BCUT2D eigenvalue weighted by Gasteiger charge is -2.07. The van der Waals surface area contributed by atoms with E-state index in [1.54, 1.807) is 6.20 Å². The molecule has 0 aromatic carbocycles. The van der Waals surface area contributed by atoms with Gasteiger partial charge in [-0.1, -0.05) is 26.3 Å². The monoisotopic (exact) mass is 184 g/mol. The highest BCUT2D eigenvalue weighted by atomic mass is 16.2. The molecule has 0 aliphatic rings. The Kier molecular flexibility index (Phi) is 6.02. The van der Waals surface area contributed by atoms with E-state index in [0.717, 1.165) is 6.42 Å². The van der Waals surface area contributed by atoms with E-state index in [2.05, 4.69) is 31.4 Å². The van der Waals surface area contributed by atoms with Crippen LogP contribution in [0, 0.1) is 5.92 Å². The summed E-state index contributed by atoms with van der Waals surface area (Å²) in [6.07, 6.45) is 2.71. The molecule has 0 aliphatic carbocycles. The highest BCUT2D eigenvalue weighted by molar-refractivity contribution is 5.74. The molecule has 2 amide bonds. The third-order valence-corrected chi connectivity index (χ3v) is 1.68. The summed E-state index contributed by atoms with van der Waals surface area (Å²) in [6, 6.07) is -0.124. The maximum absolute atomic E-state index is 11.1. The third kappa shape index (κ3) is 7.37. The van der Waals surface area contributed by atoms with Crippen LogP contribution in [0.2, 0.25) is 0 Å². The van der Waals surface area contributed by atoms with E-state index in [-0.39, 0.29) is 6.03 Å². The lowest BCUT2D eigenvalue weighted by Crippen LogP contribution is -2.34. The van der Waals surface area contributed by atoms with Crippen LogP contribution < -0.4 is 10.6 Å². The molecule has 3 heteroatoms. The van der Waals surface area contributed by atoms with Gasteiger partial charge in [0, 0.05) is 12.7 Å². The van der Waals surface area contributed by atoms with Gasteiger partial charge in [-0.25, -0.2) is 4.79 Å².